The first-order chi connectivity index (χ1) is 40.9. The molecule has 1 fully saturated rings. The quantitative estimate of drug-likeness (QED) is 0.0430. The van der Waals surface area contributed by atoms with E-state index < -0.39 is 102 Å². The standard InChI is InChI=1S/C63H73N11O9S2/c1-36(2)55-63(83)73-54(61(81)69-50(56(66)76)31-39-19-23-41-12-4-6-14-43(41)28-39)35-85-84-34-53(72-57(77)47(65)29-38-18-22-40-11-3-5-13-42(40)27-38)62(82)70-51(30-37-20-24-45(75)25-21-37)59(79)71-52(32-44-33-67-48-16-8-7-15-46(44)48)60(80)68-49(58(78)74-55)17-9-10-26-64/h3-8,11-16,18-25,27-28,33,36,47,49-55,67,75H,9-10,17,26,29-32,34-35,64-65H2,1-2H3,(H2,66,76)(H,68,80)(H,69,81)(H,70,82)(H,71,79)(H,72,77)(H,73,83)(H,74,78)/t47-,49-,50-,51-,52?,53?,54?,55?/m0/s1. The number of H-pyrrole nitrogens is 1. The molecule has 22 heteroatoms. The number of fused-ring (bicyclic) bond motifs is 3. The molecule has 2 heterocycles. The minimum absolute atomic E-state index is 0.0182. The number of rotatable bonds is 18. The molecule has 0 bridgehead atoms. The molecular formula is C63H73N11O9S2. The lowest BCUT2D eigenvalue weighted by Gasteiger charge is -2.29. The van der Waals surface area contributed by atoms with Gasteiger partial charge >= 0.3 is 0 Å². The number of carbonyl (C=O) groups is 8. The molecule has 0 saturated carbocycles. The van der Waals surface area contributed by atoms with Gasteiger partial charge < -0.3 is 64.5 Å². The molecule has 0 spiro atoms. The summed E-state index contributed by atoms with van der Waals surface area (Å²) in [6.45, 7) is 3.69. The van der Waals surface area contributed by atoms with Crippen molar-refractivity contribution in [3.63, 3.8) is 0 Å². The van der Waals surface area contributed by atoms with Crippen molar-refractivity contribution in [2.45, 2.75) is 107 Å². The minimum Gasteiger partial charge on any atom is -0.508 e. The summed E-state index contributed by atoms with van der Waals surface area (Å²) in [5.74, 6) is -7.08. The Morgan fingerprint density at radius 2 is 1.19 bits per heavy atom. The molecule has 1 aromatic heterocycles. The van der Waals surface area contributed by atoms with Crippen molar-refractivity contribution >= 4 is 101 Å². The maximum atomic E-state index is 15.0. The number of carbonyl (C=O) groups excluding carboxylic acids is 8. The van der Waals surface area contributed by atoms with Crippen LogP contribution in [0.2, 0.25) is 0 Å². The zero-order valence-electron chi connectivity index (χ0n) is 47.3. The van der Waals surface area contributed by atoms with E-state index >= 15 is 0 Å². The highest BCUT2D eigenvalue weighted by atomic mass is 33.1. The molecule has 8 atom stereocenters. The van der Waals surface area contributed by atoms with Crippen LogP contribution in [0.4, 0.5) is 0 Å². The van der Waals surface area contributed by atoms with Crippen LogP contribution in [0.15, 0.2) is 140 Å². The number of nitrogens with two attached hydrogens (primary N) is 3. The minimum atomic E-state index is -1.41. The Kier molecular flexibility index (Phi) is 22.0. The smallest absolute Gasteiger partial charge is 0.244 e. The van der Waals surface area contributed by atoms with Crippen LogP contribution in [0.25, 0.3) is 32.4 Å². The van der Waals surface area contributed by atoms with E-state index in [0.717, 1.165) is 59.6 Å². The summed E-state index contributed by atoms with van der Waals surface area (Å²) in [6.07, 6.45) is 2.56. The molecule has 6 aromatic carbocycles. The molecule has 85 heavy (non-hydrogen) atoms. The number of aromatic amines is 1. The van der Waals surface area contributed by atoms with E-state index in [4.69, 9.17) is 17.2 Å². The molecule has 1 saturated heterocycles. The third-order valence-electron chi connectivity index (χ3n) is 14.9. The van der Waals surface area contributed by atoms with Gasteiger partial charge in [-0.25, -0.2) is 0 Å². The molecule has 8 amide bonds. The fraction of sp³-hybridized carbons (Fsp3) is 0.333. The fourth-order valence-corrected chi connectivity index (χ4v) is 12.4. The molecule has 15 N–H and O–H groups in total. The van der Waals surface area contributed by atoms with Crippen molar-refractivity contribution in [3.05, 3.63) is 162 Å². The van der Waals surface area contributed by atoms with Crippen LogP contribution in [0.1, 0.15) is 55.4 Å². The van der Waals surface area contributed by atoms with Crippen molar-refractivity contribution in [3.8, 4) is 5.75 Å². The lowest BCUT2D eigenvalue weighted by atomic mass is 9.99. The molecule has 7 aromatic rings. The second kappa shape index (κ2) is 29.9. The van der Waals surface area contributed by atoms with Crippen molar-refractivity contribution in [1.29, 1.82) is 0 Å². The van der Waals surface area contributed by atoms with E-state index in [1.54, 1.807) is 32.2 Å². The number of hydrogen-bond donors (Lipinski definition) is 12. The summed E-state index contributed by atoms with van der Waals surface area (Å²) in [7, 11) is 2.14. The molecule has 20 nitrogen and oxygen atoms in total. The third kappa shape index (κ3) is 17.3. The van der Waals surface area contributed by atoms with E-state index in [-0.39, 0.29) is 55.9 Å². The van der Waals surface area contributed by atoms with Crippen LogP contribution in [0.3, 0.4) is 0 Å². The van der Waals surface area contributed by atoms with Gasteiger partial charge in [-0.15, -0.1) is 0 Å². The Morgan fingerprint density at radius 3 is 1.84 bits per heavy atom. The molecule has 446 valence electrons. The first kappa shape index (κ1) is 62.6. The lowest BCUT2D eigenvalue weighted by Crippen LogP contribution is -2.61. The lowest BCUT2D eigenvalue weighted by molar-refractivity contribution is -0.136. The molecule has 4 unspecified atom stereocenters. The fourth-order valence-electron chi connectivity index (χ4n) is 10.1. The number of aromatic hydroxyl groups is 1. The predicted molar refractivity (Wildman–Crippen MR) is 332 cm³/mol. The van der Waals surface area contributed by atoms with Gasteiger partial charge in [-0.3, -0.25) is 38.4 Å². The second-order valence-electron chi connectivity index (χ2n) is 21.7. The summed E-state index contributed by atoms with van der Waals surface area (Å²) >= 11 is 0. The number of phenolic OH excluding ortho intramolecular Hbond substituents is 1. The second-order valence-corrected chi connectivity index (χ2v) is 24.2. The van der Waals surface area contributed by atoms with Crippen molar-refractivity contribution < 1.29 is 43.5 Å². The van der Waals surface area contributed by atoms with Gasteiger partial charge in [0.15, 0.2) is 0 Å². The Balaban J connectivity index is 1.14. The first-order valence-corrected chi connectivity index (χ1v) is 30.8. The molecule has 0 radical (unpaired) electrons. The summed E-state index contributed by atoms with van der Waals surface area (Å²) in [5.41, 5.74) is 21.8. The van der Waals surface area contributed by atoms with E-state index in [1.807, 2.05) is 109 Å². The number of aromatic nitrogens is 1. The van der Waals surface area contributed by atoms with Crippen LogP contribution < -0.4 is 54.4 Å². The Hall–Kier alpha value is -8.44. The van der Waals surface area contributed by atoms with Crippen LogP contribution >= 0.6 is 21.6 Å². The number of para-hydroxylation sites is 1. The largest absolute Gasteiger partial charge is 0.508 e. The summed E-state index contributed by atoms with van der Waals surface area (Å²) in [5, 5.41) is 34.5. The van der Waals surface area contributed by atoms with Crippen LogP contribution in [-0.4, -0.2) is 124 Å². The highest BCUT2D eigenvalue weighted by molar-refractivity contribution is 8.76. The van der Waals surface area contributed by atoms with E-state index in [2.05, 4.69) is 42.2 Å². The molecule has 1 aliphatic rings. The number of unbranched alkanes of at least 4 members (excludes halogenated alkanes) is 1. The average molecular weight is 1190 g/mol. The van der Waals surface area contributed by atoms with Gasteiger partial charge in [0.05, 0.1) is 6.04 Å². The predicted octanol–water partition coefficient (Wildman–Crippen LogP) is 3.84. The monoisotopic (exact) mass is 1190 g/mol. The Labute approximate surface area is 500 Å². The third-order valence-corrected chi connectivity index (χ3v) is 17.3. The number of nitrogens with one attached hydrogen (secondary N) is 8. The van der Waals surface area contributed by atoms with Crippen molar-refractivity contribution in [2.24, 2.45) is 23.1 Å². The van der Waals surface area contributed by atoms with Gasteiger partial charge in [-0.1, -0.05) is 151 Å². The zero-order chi connectivity index (χ0) is 60.6. The average Bonchev–Trinajstić information content (AvgIpc) is 4.02. The van der Waals surface area contributed by atoms with Crippen molar-refractivity contribution in [1.82, 2.24) is 42.2 Å². The van der Waals surface area contributed by atoms with Gasteiger partial charge in [0.1, 0.15) is 48.0 Å². The summed E-state index contributed by atoms with van der Waals surface area (Å²) < 4.78 is 0. The SMILES string of the molecule is CC(C)C1NC(=O)[C@H](CCCCN)NC(=O)C(Cc2c[nH]c3ccccc23)NC(=O)[C@H](Cc2ccc(O)cc2)NC(=O)C(NC(=O)[C@@H](N)Cc2ccc3ccccc3c2)CSSCC(C(=O)N[C@@H](Cc2ccc3ccccc3c2)C(N)=O)NC1=O. The first-order valence-electron chi connectivity index (χ1n) is 28.3. The molecule has 8 rings (SSSR count). The van der Waals surface area contributed by atoms with E-state index in [1.165, 1.54) is 12.1 Å². The maximum absolute atomic E-state index is 15.0. The molecule has 1 aliphatic heterocycles. The van der Waals surface area contributed by atoms with Crippen LogP contribution in [0.5, 0.6) is 5.75 Å². The van der Waals surface area contributed by atoms with Gasteiger partial charge in [0, 0.05) is 47.9 Å². The van der Waals surface area contributed by atoms with E-state index in [0.29, 0.717) is 29.5 Å². The number of hydrogen-bond acceptors (Lipinski definition) is 13. The highest BCUT2D eigenvalue weighted by Crippen LogP contribution is 2.26. The van der Waals surface area contributed by atoms with Gasteiger partial charge in [0.2, 0.25) is 47.3 Å². The normalized spacial score (nSPS) is 20.3. The Morgan fingerprint density at radius 1 is 0.624 bits per heavy atom. The van der Waals surface area contributed by atoms with Gasteiger partial charge in [-0.05, 0) is 100 Å². The summed E-state index contributed by atoms with van der Waals surface area (Å²) in [6, 6.07) is 29.7. The van der Waals surface area contributed by atoms with E-state index in [9.17, 15) is 43.5 Å². The van der Waals surface area contributed by atoms with Crippen LogP contribution in [0, 0.1) is 5.92 Å². The maximum Gasteiger partial charge on any atom is 0.244 e. The Bertz CT molecular complexity index is 3530. The highest BCUT2D eigenvalue weighted by Gasteiger charge is 2.36. The number of benzene rings is 6. The zero-order valence-corrected chi connectivity index (χ0v) is 48.9. The molecular weight excluding hydrogens is 1120 g/mol. The van der Waals surface area contributed by atoms with Gasteiger partial charge in [0.25, 0.3) is 0 Å². The molecule has 0 aliphatic carbocycles. The van der Waals surface area contributed by atoms with Gasteiger partial charge in [-0.2, -0.15) is 0 Å². The van der Waals surface area contributed by atoms with Crippen molar-refractivity contribution in [2.75, 3.05) is 18.1 Å². The number of primary amides is 1. The summed E-state index contributed by atoms with van der Waals surface area (Å²) in [4.78, 5) is 119. The number of amides is 8. The topological polar surface area (TPSA) is 335 Å². The number of phenols is 1. The van der Waals surface area contributed by atoms with Crippen LogP contribution in [-0.2, 0) is 64.0 Å².